The van der Waals surface area contributed by atoms with Crippen LogP contribution in [-0.4, -0.2) is 17.0 Å². The van der Waals surface area contributed by atoms with Gasteiger partial charge in [-0.15, -0.1) is 0 Å². The molecule has 6 nitrogen and oxygen atoms in total. The van der Waals surface area contributed by atoms with Crippen molar-refractivity contribution in [2.45, 2.75) is 0 Å². The summed E-state index contributed by atoms with van der Waals surface area (Å²) in [5.74, 6) is 0.619. The number of nitrogens with zero attached hydrogens (tertiary/aromatic N) is 2. The van der Waals surface area contributed by atoms with E-state index in [0.717, 1.165) is 0 Å². The molecule has 1 aromatic carbocycles. The van der Waals surface area contributed by atoms with Crippen molar-refractivity contribution < 1.29 is 9.66 Å². The van der Waals surface area contributed by atoms with Crippen molar-refractivity contribution in [3.05, 3.63) is 45.5 Å². The maximum absolute atomic E-state index is 11.0. The van der Waals surface area contributed by atoms with E-state index in [1.807, 2.05) is 0 Å². The smallest absolute Gasteiger partial charge is 0.295 e. The van der Waals surface area contributed by atoms with Gasteiger partial charge in [-0.1, -0.05) is 11.6 Å². The van der Waals surface area contributed by atoms with E-state index in [4.69, 9.17) is 22.1 Å². The highest BCUT2D eigenvalue weighted by Crippen LogP contribution is 2.36. The molecule has 0 aliphatic rings. The van der Waals surface area contributed by atoms with Crippen LogP contribution in [0.15, 0.2) is 30.3 Å². The lowest BCUT2D eigenvalue weighted by Gasteiger charge is -2.09. The third kappa shape index (κ3) is 2.58. The molecular formula is C12H10ClN3O3. The quantitative estimate of drug-likeness (QED) is 0.689. The SMILES string of the molecule is COc1ccc(Cl)cc1-c1nc(N)ccc1[N+](=O)[O-]. The van der Waals surface area contributed by atoms with E-state index in [0.29, 0.717) is 16.3 Å². The van der Waals surface area contributed by atoms with Gasteiger partial charge in [0.25, 0.3) is 5.69 Å². The van der Waals surface area contributed by atoms with Crippen LogP contribution >= 0.6 is 11.6 Å². The summed E-state index contributed by atoms with van der Waals surface area (Å²) >= 11 is 5.91. The molecule has 0 unspecified atom stereocenters. The zero-order chi connectivity index (χ0) is 14.0. The molecule has 0 aliphatic heterocycles. The van der Waals surface area contributed by atoms with Crippen LogP contribution in [0.3, 0.4) is 0 Å². The Balaban J connectivity index is 2.73. The number of methoxy groups -OCH3 is 1. The second-order valence-corrected chi connectivity index (χ2v) is 4.14. The Bertz CT molecular complexity index is 646. The lowest BCUT2D eigenvalue weighted by molar-refractivity contribution is -0.384. The normalized spacial score (nSPS) is 10.2. The fourth-order valence-electron chi connectivity index (χ4n) is 1.68. The molecule has 0 fully saturated rings. The van der Waals surface area contributed by atoms with Crippen molar-refractivity contribution in [3.8, 4) is 17.0 Å². The van der Waals surface area contributed by atoms with Crippen molar-refractivity contribution in [1.29, 1.82) is 0 Å². The molecular weight excluding hydrogens is 270 g/mol. The molecule has 2 aromatic rings. The first-order valence-electron chi connectivity index (χ1n) is 5.27. The molecule has 0 amide bonds. The largest absolute Gasteiger partial charge is 0.496 e. The van der Waals surface area contributed by atoms with E-state index < -0.39 is 4.92 Å². The molecule has 0 bridgehead atoms. The van der Waals surface area contributed by atoms with Crippen molar-refractivity contribution >= 4 is 23.1 Å². The second kappa shape index (κ2) is 5.11. The molecule has 1 heterocycles. The van der Waals surface area contributed by atoms with E-state index in [1.54, 1.807) is 18.2 Å². The summed E-state index contributed by atoms with van der Waals surface area (Å²) in [6.07, 6.45) is 0. The third-order valence-corrected chi connectivity index (χ3v) is 2.74. The van der Waals surface area contributed by atoms with Crippen LogP contribution in [0, 0.1) is 10.1 Å². The number of hydrogen-bond acceptors (Lipinski definition) is 5. The van der Waals surface area contributed by atoms with E-state index in [-0.39, 0.29) is 17.2 Å². The van der Waals surface area contributed by atoms with Gasteiger partial charge >= 0.3 is 0 Å². The average molecular weight is 280 g/mol. The highest BCUT2D eigenvalue weighted by atomic mass is 35.5. The number of aromatic nitrogens is 1. The predicted molar refractivity (Wildman–Crippen MR) is 72.3 cm³/mol. The molecule has 19 heavy (non-hydrogen) atoms. The van der Waals surface area contributed by atoms with Gasteiger partial charge in [-0.2, -0.15) is 0 Å². The van der Waals surface area contributed by atoms with Gasteiger partial charge in [-0.25, -0.2) is 4.98 Å². The van der Waals surface area contributed by atoms with E-state index >= 15 is 0 Å². The molecule has 0 saturated carbocycles. The molecule has 2 rings (SSSR count). The number of ether oxygens (including phenoxy) is 1. The summed E-state index contributed by atoms with van der Waals surface area (Å²) in [6, 6.07) is 7.47. The van der Waals surface area contributed by atoms with Gasteiger partial charge in [-0.3, -0.25) is 10.1 Å². The van der Waals surface area contributed by atoms with Gasteiger partial charge in [0, 0.05) is 11.1 Å². The minimum atomic E-state index is -0.526. The number of rotatable bonds is 3. The zero-order valence-electron chi connectivity index (χ0n) is 9.96. The standard InChI is InChI=1S/C12H10ClN3O3/c1-19-10-4-2-7(13)6-8(10)12-9(16(17)18)3-5-11(14)15-12/h2-6H,1H3,(H2,14,15). The topological polar surface area (TPSA) is 91.3 Å². The first-order valence-corrected chi connectivity index (χ1v) is 5.65. The lowest BCUT2D eigenvalue weighted by atomic mass is 10.1. The molecule has 0 atom stereocenters. The molecule has 0 aliphatic carbocycles. The number of nitrogen functional groups attached to an aromatic ring is 1. The van der Waals surface area contributed by atoms with E-state index in [9.17, 15) is 10.1 Å². The van der Waals surface area contributed by atoms with Gasteiger partial charge in [-0.05, 0) is 24.3 Å². The Morgan fingerprint density at radius 1 is 1.37 bits per heavy atom. The number of hydrogen-bond donors (Lipinski definition) is 1. The number of benzene rings is 1. The Hall–Kier alpha value is -2.34. The van der Waals surface area contributed by atoms with Crippen LogP contribution in [0.2, 0.25) is 5.02 Å². The van der Waals surface area contributed by atoms with Crippen LogP contribution in [0.25, 0.3) is 11.3 Å². The van der Waals surface area contributed by atoms with Gasteiger partial charge < -0.3 is 10.5 Å². The highest BCUT2D eigenvalue weighted by molar-refractivity contribution is 6.31. The van der Waals surface area contributed by atoms with Crippen LogP contribution in [0.1, 0.15) is 0 Å². The number of pyridine rings is 1. The monoisotopic (exact) mass is 279 g/mol. The van der Waals surface area contributed by atoms with Crippen molar-refractivity contribution in [3.63, 3.8) is 0 Å². The molecule has 0 saturated heterocycles. The Labute approximate surface area is 113 Å². The summed E-state index contributed by atoms with van der Waals surface area (Å²) in [7, 11) is 1.46. The zero-order valence-corrected chi connectivity index (χ0v) is 10.7. The van der Waals surface area contributed by atoms with Gasteiger partial charge in [0.15, 0.2) is 5.69 Å². The maximum Gasteiger partial charge on any atom is 0.295 e. The van der Waals surface area contributed by atoms with Crippen molar-refractivity contribution in [2.75, 3.05) is 12.8 Å². The number of nitrogens with two attached hydrogens (primary N) is 1. The molecule has 98 valence electrons. The molecule has 0 radical (unpaired) electrons. The van der Waals surface area contributed by atoms with E-state index in [2.05, 4.69) is 4.98 Å². The lowest BCUT2D eigenvalue weighted by Crippen LogP contribution is -1.99. The fourth-order valence-corrected chi connectivity index (χ4v) is 1.85. The number of anilines is 1. The highest BCUT2D eigenvalue weighted by Gasteiger charge is 2.20. The molecule has 0 spiro atoms. The number of halogens is 1. The summed E-state index contributed by atoms with van der Waals surface area (Å²) in [4.78, 5) is 14.5. The average Bonchev–Trinajstić information content (AvgIpc) is 2.38. The molecule has 1 aromatic heterocycles. The Morgan fingerprint density at radius 3 is 2.74 bits per heavy atom. The van der Waals surface area contributed by atoms with Gasteiger partial charge in [0.05, 0.1) is 17.6 Å². The summed E-state index contributed by atoms with van der Waals surface area (Å²) in [6.45, 7) is 0. The predicted octanol–water partition coefficient (Wildman–Crippen LogP) is 2.90. The minimum Gasteiger partial charge on any atom is -0.496 e. The van der Waals surface area contributed by atoms with Gasteiger partial charge in [0.2, 0.25) is 0 Å². The Kier molecular flexibility index (Phi) is 3.52. The molecule has 2 N–H and O–H groups in total. The van der Waals surface area contributed by atoms with Gasteiger partial charge in [0.1, 0.15) is 11.6 Å². The molecule has 7 heteroatoms. The Morgan fingerprint density at radius 2 is 2.11 bits per heavy atom. The van der Waals surface area contributed by atoms with Crippen LogP contribution in [0.5, 0.6) is 5.75 Å². The van der Waals surface area contributed by atoms with Crippen molar-refractivity contribution in [1.82, 2.24) is 4.98 Å². The fraction of sp³-hybridized carbons (Fsp3) is 0.0833. The second-order valence-electron chi connectivity index (χ2n) is 3.71. The van der Waals surface area contributed by atoms with Crippen LogP contribution in [-0.2, 0) is 0 Å². The summed E-state index contributed by atoms with van der Waals surface area (Å²) in [5, 5.41) is 11.5. The summed E-state index contributed by atoms with van der Waals surface area (Å²) in [5.41, 5.74) is 5.98. The summed E-state index contributed by atoms with van der Waals surface area (Å²) < 4.78 is 5.17. The number of nitro groups is 1. The first kappa shape index (κ1) is 13.1. The van der Waals surface area contributed by atoms with Crippen LogP contribution in [0.4, 0.5) is 11.5 Å². The maximum atomic E-state index is 11.0. The van der Waals surface area contributed by atoms with Crippen molar-refractivity contribution in [2.24, 2.45) is 0 Å². The first-order chi connectivity index (χ1) is 9.02. The van der Waals surface area contributed by atoms with Crippen LogP contribution < -0.4 is 10.5 Å². The third-order valence-electron chi connectivity index (χ3n) is 2.51. The van der Waals surface area contributed by atoms with E-state index in [1.165, 1.54) is 19.2 Å². The minimum absolute atomic E-state index is 0.129.